The first-order valence-corrected chi connectivity index (χ1v) is 11.4. The highest BCUT2D eigenvalue weighted by molar-refractivity contribution is 7.92. The van der Waals surface area contributed by atoms with E-state index in [1.165, 1.54) is 4.31 Å². The topological polar surface area (TPSA) is 57.7 Å². The van der Waals surface area contributed by atoms with Crippen molar-refractivity contribution in [3.63, 3.8) is 0 Å². The first-order valence-electron chi connectivity index (χ1n) is 9.97. The van der Waals surface area contributed by atoms with Crippen molar-refractivity contribution in [2.45, 2.75) is 45.4 Å². The summed E-state index contributed by atoms with van der Waals surface area (Å²) < 4.78 is 27.3. The summed E-state index contributed by atoms with van der Waals surface area (Å²) in [6.45, 7) is 9.65. The average Bonchev–Trinajstić information content (AvgIpc) is 2.66. The molecule has 0 spiro atoms. The van der Waals surface area contributed by atoms with E-state index >= 15 is 0 Å². The maximum atomic E-state index is 13.0. The molecule has 0 unspecified atom stereocenters. The minimum Gasteiger partial charge on any atom is -0.338 e. The lowest BCUT2D eigenvalue weighted by atomic mass is 9.84. The number of rotatable bonds is 4. The fraction of sp³-hybridized carbons (Fsp3) is 0.435. The van der Waals surface area contributed by atoms with Gasteiger partial charge in [-0.2, -0.15) is 0 Å². The van der Waals surface area contributed by atoms with Gasteiger partial charge in [0, 0.05) is 25.7 Å². The molecule has 0 bridgehead atoms. The van der Waals surface area contributed by atoms with Crippen LogP contribution in [0.2, 0.25) is 0 Å². The fourth-order valence-electron chi connectivity index (χ4n) is 3.92. The number of aryl methyl sites for hydroxylation is 2. The van der Waals surface area contributed by atoms with Crippen LogP contribution in [0.25, 0.3) is 0 Å². The average molecular weight is 415 g/mol. The van der Waals surface area contributed by atoms with Crippen LogP contribution in [0, 0.1) is 19.3 Å². The normalized spacial score (nSPS) is 16.5. The highest BCUT2D eigenvalue weighted by atomic mass is 32.2. The largest absolute Gasteiger partial charge is 0.338 e. The molecule has 1 heterocycles. The van der Waals surface area contributed by atoms with Crippen molar-refractivity contribution >= 4 is 21.6 Å². The summed E-state index contributed by atoms with van der Waals surface area (Å²) in [5.74, 6) is 0.0106. The summed E-state index contributed by atoms with van der Waals surface area (Å²) in [5.41, 5.74) is 3.06. The molecule has 0 saturated carbocycles. The fourth-order valence-corrected chi connectivity index (χ4v) is 5.18. The molecule has 1 aliphatic heterocycles. The van der Waals surface area contributed by atoms with Gasteiger partial charge in [-0.3, -0.25) is 9.10 Å². The Morgan fingerprint density at radius 2 is 1.72 bits per heavy atom. The molecule has 6 heteroatoms. The van der Waals surface area contributed by atoms with Crippen LogP contribution >= 0.6 is 0 Å². The zero-order chi connectivity index (χ0) is 21.4. The Morgan fingerprint density at radius 1 is 1.07 bits per heavy atom. The molecular weight excluding hydrogens is 384 g/mol. The summed E-state index contributed by atoms with van der Waals surface area (Å²) in [7, 11) is -2.11. The van der Waals surface area contributed by atoms with E-state index in [0.29, 0.717) is 11.3 Å². The molecule has 3 rings (SSSR count). The molecule has 1 fully saturated rings. The molecule has 1 aliphatic rings. The molecule has 0 aromatic heterocycles. The molecule has 0 radical (unpaired) electrons. The minimum absolute atomic E-state index is 0.0106. The zero-order valence-electron chi connectivity index (χ0n) is 17.9. The minimum atomic E-state index is -3.66. The van der Waals surface area contributed by atoms with Gasteiger partial charge in [0.2, 0.25) is 0 Å². The molecule has 2 aromatic carbocycles. The van der Waals surface area contributed by atoms with Crippen molar-refractivity contribution in [2.24, 2.45) is 5.41 Å². The Labute approximate surface area is 174 Å². The van der Waals surface area contributed by atoms with Gasteiger partial charge in [-0.15, -0.1) is 0 Å². The number of anilines is 1. The lowest BCUT2D eigenvalue weighted by Gasteiger charge is -2.38. The van der Waals surface area contributed by atoms with Crippen molar-refractivity contribution in [3.05, 3.63) is 59.2 Å². The number of hydrogen-bond donors (Lipinski definition) is 0. The summed E-state index contributed by atoms with van der Waals surface area (Å²) >= 11 is 0. The SMILES string of the molecule is Cc1ccc(S(=O)(=O)N(C)c2ccc(C(=O)N3CCCC(C)(C)C3)cc2C)cc1. The lowest BCUT2D eigenvalue weighted by molar-refractivity contribution is 0.0583. The standard InChI is InChI=1S/C23H30N2O3S/c1-17-7-10-20(11-8-17)29(27,28)24(5)21-12-9-19(15-18(21)2)22(26)25-14-6-13-23(3,4)16-25/h7-12,15H,6,13-14,16H2,1-5H3. The molecule has 5 nitrogen and oxygen atoms in total. The number of amides is 1. The number of sulfonamides is 1. The smallest absolute Gasteiger partial charge is 0.264 e. The van der Waals surface area contributed by atoms with Crippen LogP contribution in [-0.4, -0.2) is 39.4 Å². The molecule has 1 amide bonds. The molecule has 29 heavy (non-hydrogen) atoms. The van der Waals surface area contributed by atoms with Crippen LogP contribution in [-0.2, 0) is 10.0 Å². The van der Waals surface area contributed by atoms with E-state index in [2.05, 4.69) is 13.8 Å². The van der Waals surface area contributed by atoms with Gasteiger partial charge in [-0.25, -0.2) is 8.42 Å². The van der Waals surface area contributed by atoms with Gasteiger partial charge in [0.15, 0.2) is 0 Å². The summed E-state index contributed by atoms with van der Waals surface area (Å²) in [4.78, 5) is 15.1. The van der Waals surface area contributed by atoms with Crippen LogP contribution in [0.15, 0.2) is 47.4 Å². The highest BCUT2D eigenvalue weighted by Crippen LogP contribution is 2.31. The highest BCUT2D eigenvalue weighted by Gasteiger charge is 2.30. The monoisotopic (exact) mass is 414 g/mol. The van der Waals surface area contributed by atoms with Crippen molar-refractivity contribution in [1.82, 2.24) is 4.90 Å². The van der Waals surface area contributed by atoms with E-state index in [0.717, 1.165) is 37.1 Å². The number of hydrogen-bond acceptors (Lipinski definition) is 3. The second kappa shape index (κ2) is 7.82. The van der Waals surface area contributed by atoms with Crippen LogP contribution in [0.4, 0.5) is 5.69 Å². The Morgan fingerprint density at radius 3 is 2.31 bits per heavy atom. The number of carbonyl (C=O) groups excluding carboxylic acids is 1. The van der Waals surface area contributed by atoms with Crippen molar-refractivity contribution in [1.29, 1.82) is 0 Å². The Hall–Kier alpha value is -2.34. The molecule has 156 valence electrons. The number of piperidine rings is 1. The second-order valence-corrected chi connectivity index (χ2v) is 10.8. The molecule has 1 saturated heterocycles. The van der Waals surface area contributed by atoms with E-state index in [9.17, 15) is 13.2 Å². The van der Waals surface area contributed by atoms with E-state index in [1.54, 1.807) is 49.5 Å². The quantitative estimate of drug-likeness (QED) is 0.745. The maximum absolute atomic E-state index is 13.0. The van der Waals surface area contributed by atoms with Gasteiger partial charge in [0.25, 0.3) is 15.9 Å². The van der Waals surface area contributed by atoms with E-state index in [1.807, 2.05) is 18.7 Å². The van der Waals surface area contributed by atoms with E-state index in [-0.39, 0.29) is 16.2 Å². The first-order chi connectivity index (χ1) is 13.5. The number of likely N-dealkylation sites (tertiary alicyclic amines) is 1. The van der Waals surface area contributed by atoms with Gasteiger partial charge in [-0.1, -0.05) is 31.5 Å². The van der Waals surface area contributed by atoms with E-state index in [4.69, 9.17) is 0 Å². The molecular formula is C23H30N2O3S. The van der Waals surface area contributed by atoms with Gasteiger partial charge in [0.05, 0.1) is 10.6 Å². The lowest BCUT2D eigenvalue weighted by Crippen LogP contribution is -2.43. The zero-order valence-corrected chi connectivity index (χ0v) is 18.7. The third kappa shape index (κ3) is 4.47. The predicted octanol–water partition coefficient (Wildman–Crippen LogP) is 4.39. The second-order valence-electron chi connectivity index (χ2n) is 8.78. The Balaban J connectivity index is 1.85. The Kier molecular flexibility index (Phi) is 5.77. The number of benzene rings is 2. The molecule has 0 atom stereocenters. The summed E-state index contributed by atoms with van der Waals surface area (Å²) in [5, 5.41) is 0. The van der Waals surface area contributed by atoms with E-state index < -0.39 is 10.0 Å². The maximum Gasteiger partial charge on any atom is 0.264 e. The molecule has 0 aliphatic carbocycles. The number of nitrogens with zero attached hydrogens (tertiary/aromatic N) is 2. The molecule has 0 N–H and O–H groups in total. The van der Waals surface area contributed by atoms with Gasteiger partial charge in [-0.05, 0) is 68.0 Å². The van der Waals surface area contributed by atoms with Gasteiger partial charge < -0.3 is 4.90 Å². The Bertz CT molecular complexity index is 1010. The van der Waals surface area contributed by atoms with Gasteiger partial charge >= 0.3 is 0 Å². The predicted molar refractivity (Wildman–Crippen MR) is 117 cm³/mol. The van der Waals surface area contributed by atoms with Crippen LogP contribution in [0.3, 0.4) is 0 Å². The van der Waals surface area contributed by atoms with Crippen LogP contribution < -0.4 is 4.31 Å². The van der Waals surface area contributed by atoms with Crippen molar-refractivity contribution in [3.8, 4) is 0 Å². The van der Waals surface area contributed by atoms with Crippen LogP contribution in [0.1, 0.15) is 48.2 Å². The third-order valence-corrected chi connectivity index (χ3v) is 7.44. The van der Waals surface area contributed by atoms with Crippen molar-refractivity contribution in [2.75, 3.05) is 24.4 Å². The van der Waals surface area contributed by atoms with Crippen molar-refractivity contribution < 1.29 is 13.2 Å². The first kappa shape index (κ1) is 21.4. The van der Waals surface area contributed by atoms with Gasteiger partial charge in [0.1, 0.15) is 0 Å². The third-order valence-electron chi connectivity index (χ3n) is 5.65. The van der Waals surface area contributed by atoms with Crippen LogP contribution in [0.5, 0.6) is 0 Å². The summed E-state index contributed by atoms with van der Waals surface area (Å²) in [6, 6.07) is 12.1. The number of carbonyl (C=O) groups is 1. The summed E-state index contributed by atoms with van der Waals surface area (Å²) in [6.07, 6.45) is 2.13. The molecule has 2 aromatic rings.